The van der Waals surface area contributed by atoms with E-state index in [1.807, 2.05) is 0 Å². The lowest BCUT2D eigenvalue weighted by atomic mass is 9.87. The first-order valence-electron chi connectivity index (χ1n) is 21.1. The van der Waals surface area contributed by atoms with Crippen LogP contribution in [0, 0.1) is 0 Å². The van der Waals surface area contributed by atoms with Gasteiger partial charge in [0.25, 0.3) is 0 Å². The molecule has 0 saturated heterocycles. The highest BCUT2D eigenvalue weighted by Gasteiger charge is 2.22. The fourth-order valence-corrected chi connectivity index (χ4v) is 4.32. The lowest BCUT2D eigenvalue weighted by Gasteiger charge is -2.17. The van der Waals surface area contributed by atoms with E-state index in [9.17, 15) is 5.48 Å². The largest absolute Gasteiger partial charge is 0.316 e. The van der Waals surface area contributed by atoms with E-state index in [4.69, 9.17) is 19.2 Å². The fourth-order valence-electron chi connectivity index (χ4n) is 4.32. The summed E-state index contributed by atoms with van der Waals surface area (Å²) in [5, 5.41) is -0.123. The van der Waals surface area contributed by atoms with E-state index in [0.29, 0.717) is 0 Å². The maximum atomic E-state index is 9.48. The Morgan fingerprint density at radius 2 is 0.895 bits per heavy atom. The SMILES string of the molecule is [2H]c1c([2H])c(-c2c([2H])c([2H])c([2H])c(-n3c([2H])c(C(C)(C)C)c4c([2H])c([2H])c([2H])c([2H])c43)c2[2H])c([2H])c(-n2c([2H])c(C(C)(C)C)c3c([2H])c([2H])c([2H])c([2H])c32)c1[2H]. The highest BCUT2D eigenvalue weighted by atomic mass is 15.0. The number of nitrogens with zero attached hydrogens (tertiary/aromatic N) is 2. The first kappa shape index (κ1) is 11.4. The molecule has 190 valence electrons. The molecule has 0 unspecified atom stereocenters. The number of para-hydroxylation sites is 2. The molecule has 0 fully saturated rings. The van der Waals surface area contributed by atoms with Crippen molar-refractivity contribution < 1.29 is 24.7 Å². The Balaban J connectivity index is 1.85. The molecule has 0 N–H and O–H groups in total. The van der Waals surface area contributed by atoms with Crippen molar-refractivity contribution in [1.29, 1.82) is 0 Å². The number of hydrogen-bond donors (Lipinski definition) is 0. The van der Waals surface area contributed by atoms with Gasteiger partial charge in [0.15, 0.2) is 0 Å². The number of fused-ring (bicyclic) bond motifs is 2. The Hall–Kier alpha value is -4.04. The van der Waals surface area contributed by atoms with Crippen molar-refractivity contribution in [1.82, 2.24) is 9.13 Å². The molecule has 0 spiro atoms. The van der Waals surface area contributed by atoms with Crippen molar-refractivity contribution in [3.63, 3.8) is 0 Å². The third-order valence-corrected chi connectivity index (χ3v) is 6.15. The van der Waals surface area contributed by atoms with Crippen LogP contribution in [0.4, 0.5) is 0 Å². The van der Waals surface area contributed by atoms with Gasteiger partial charge in [0.1, 0.15) is 0 Å². The third kappa shape index (κ3) is 4.15. The molecule has 6 aromatic rings. The molecular weight excluding hydrogens is 460 g/mol. The summed E-state index contributed by atoms with van der Waals surface area (Å²) >= 11 is 0. The predicted molar refractivity (Wildman–Crippen MR) is 163 cm³/mol. The number of rotatable bonds is 3. The number of aromatic nitrogens is 2. The van der Waals surface area contributed by atoms with Crippen LogP contribution in [0.2, 0.25) is 0 Å². The Kier molecular flexibility index (Phi) is 2.62. The van der Waals surface area contributed by atoms with Crippen LogP contribution in [0.25, 0.3) is 44.3 Å². The van der Waals surface area contributed by atoms with E-state index in [-0.39, 0.29) is 32.9 Å². The van der Waals surface area contributed by atoms with E-state index in [2.05, 4.69) is 0 Å². The molecule has 2 nitrogen and oxygen atoms in total. The molecule has 0 bridgehead atoms. The standard InChI is InChI=1S/C36H36N2/c1-35(2,3)31-23-37(33-19-9-7-17-29(31)33)27-15-11-13-25(21-27)26-14-12-16-28(22-26)38-24-32(36(4,5)6)30-18-8-10-20-34(30)38/h7-24H,1-6H3/i7D,8D,9D,10D,11D,12D,13D,14D,15D,16D,17D,18D,19D,20D,21D,22D,23D,24D. The molecule has 2 heteroatoms. The van der Waals surface area contributed by atoms with E-state index in [1.165, 1.54) is 0 Å². The molecule has 0 aliphatic carbocycles. The molecule has 0 saturated carbocycles. The van der Waals surface area contributed by atoms with Crippen molar-refractivity contribution in [2.75, 3.05) is 0 Å². The van der Waals surface area contributed by atoms with Gasteiger partial charge in [-0.1, -0.05) is 102 Å². The van der Waals surface area contributed by atoms with E-state index in [0.717, 1.165) is 9.13 Å². The van der Waals surface area contributed by atoms with Crippen LogP contribution in [0.15, 0.2) is 109 Å². The second-order valence-electron chi connectivity index (χ2n) is 11.0. The third-order valence-electron chi connectivity index (χ3n) is 6.15. The molecule has 0 amide bonds. The maximum absolute atomic E-state index is 9.48. The van der Waals surface area contributed by atoms with Crippen LogP contribution in [0.5, 0.6) is 0 Å². The summed E-state index contributed by atoms with van der Waals surface area (Å²) in [6.45, 7) is 10.2. The lowest BCUT2D eigenvalue weighted by molar-refractivity contribution is 0.594. The summed E-state index contributed by atoms with van der Waals surface area (Å²) in [5.41, 5.74) is -4.58. The average Bonchev–Trinajstić information content (AvgIpc) is 3.59. The van der Waals surface area contributed by atoms with Crippen LogP contribution in [0.1, 0.15) is 77.3 Å². The Morgan fingerprint density at radius 3 is 1.29 bits per heavy atom. The molecule has 38 heavy (non-hydrogen) atoms. The minimum absolute atomic E-state index is 0.0614. The minimum atomic E-state index is -0.929. The molecule has 0 radical (unpaired) electrons. The van der Waals surface area contributed by atoms with Crippen molar-refractivity contribution in [2.45, 2.75) is 52.4 Å². The van der Waals surface area contributed by atoms with Crippen molar-refractivity contribution in [3.8, 4) is 22.5 Å². The van der Waals surface area contributed by atoms with Crippen LogP contribution < -0.4 is 0 Å². The van der Waals surface area contributed by atoms with Gasteiger partial charge in [0, 0.05) is 34.5 Å². The molecule has 0 atom stereocenters. The number of benzene rings is 4. The van der Waals surface area contributed by atoms with Gasteiger partial charge in [-0.25, -0.2) is 0 Å². The average molecular weight is 515 g/mol. The van der Waals surface area contributed by atoms with E-state index >= 15 is 0 Å². The van der Waals surface area contributed by atoms with Crippen LogP contribution in [0.3, 0.4) is 0 Å². The van der Waals surface area contributed by atoms with Gasteiger partial charge in [0.05, 0.1) is 35.7 Å². The summed E-state index contributed by atoms with van der Waals surface area (Å²) in [7, 11) is 0. The zero-order valence-corrected chi connectivity index (χ0v) is 21.9. The Labute approximate surface area is 251 Å². The molecule has 2 heterocycles. The molecule has 6 rings (SSSR count). The Morgan fingerprint density at radius 1 is 0.500 bits per heavy atom. The first-order chi connectivity index (χ1) is 25.6. The van der Waals surface area contributed by atoms with E-state index < -0.39 is 142 Å². The lowest BCUT2D eigenvalue weighted by Crippen LogP contribution is -2.10. The second-order valence-corrected chi connectivity index (χ2v) is 11.0. The smallest absolute Gasteiger partial charge is 0.0826 e. The summed E-state index contributed by atoms with van der Waals surface area (Å²) < 4.78 is 162. The highest BCUT2D eigenvalue weighted by molar-refractivity contribution is 5.88. The molecule has 0 aliphatic heterocycles. The first-order valence-corrected chi connectivity index (χ1v) is 12.1. The second kappa shape index (κ2) is 8.77. The van der Waals surface area contributed by atoms with Crippen LogP contribution in [-0.2, 0) is 10.8 Å². The van der Waals surface area contributed by atoms with Crippen LogP contribution >= 0.6 is 0 Å². The van der Waals surface area contributed by atoms with Gasteiger partial charge in [-0.3, -0.25) is 0 Å². The summed E-state index contributed by atoms with van der Waals surface area (Å²) in [6.07, 6.45) is -0.877. The maximum Gasteiger partial charge on any atom is 0.0826 e. The zero-order chi connectivity index (χ0) is 42.3. The monoisotopic (exact) mass is 514 g/mol. The molecular formula is C36H36N2. The van der Waals surface area contributed by atoms with Crippen molar-refractivity contribution in [2.24, 2.45) is 0 Å². The van der Waals surface area contributed by atoms with Gasteiger partial charge in [-0.2, -0.15) is 0 Å². The van der Waals surface area contributed by atoms with Gasteiger partial charge in [0.2, 0.25) is 0 Å². The van der Waals surface area contributed by atoms with Gasteiger partial charge in [-0.05, 0) is 69.3 Å². The summed E-state index contributed by atoms with van der Waals surface area (Å²) in [6, 6.07) is -11.2. The Bertz CT molecular complexity index is 2560. The molecule has 2 aromatic heterocycles. The summed E-state index contributed by atoms with van der Waals surface area (Å²) in [5.74, 6) is 0. The van der Waals surface area contributed by atoms with E-state index in [1.54, 1.807) is 41.5 Å². The topological polar surface area (TPSA) is 9.86 Å². The normalized spacial score (nSPS) is 19.1. The number of hydrogen-bond acceptors (Lipinski definition) is 0. The quantitative estimate of drug-likeness (QED) is 0.222. The summed E-state index contributed by atoms with van der Waals surface area (Å²) in [4.78, 5) is 0. The van der Waals surface area contributed by atoms with Crippen molar-refractivity contribution >= 4 is 21.8 Å². The molecule has 4 aromatic carbocycles. The predicted octanol–water partition coefficient (Wildman–Crippen LogP) is 9.84. The van der Waals surface area contributed by atoms with Crippen molar-refractivity contribution in [3.05, 3.63) is 120 Å². The zero-order valence-electron chi connectivity index (χ0n) is 39.9. The fraction of sp³-hybridized carbons (Fsp3) is 0.222. The van der Waals surface area contributed by atoms with Gasteiger partial charge < -0.3 is 9.13 Å². The van der Waals surface area contributed by atoms with Gasteiger partial charge >= 0.3 is 0 Å². The highest BCUT2D eigenvalue weighted by Crippen LogP contribution is 2.36. The minimum Gasteiger partial charge on any atom is -0.316 e. The molecule has 0 aliphatic rings. The van der Waals surface area contributed by atoms with Gasteiger partial charge in [-0.15, -0.1) is 0 Å². The van der Waals surface area contributed by atoms with Crippen LogP contribution in [-0.4, -0.2) is 9.13 Å².